The third-order valence-electron chi connectivity index (χ3n) is 2.51. The van der Waals surface area contributed by atoms with Gasteiger partial charge in [-0.2, -0.15) is 12.8 Å². The van der Waals surface area contributed by atoms with Crippen LogP contribution in [0.25, 0.3) is 6.08 Å². The van der Waals surface area contributed by atoms with E-state index in [2.05, 4.69) is 9.38 Å². The van der Waals surface area contributed by atoms with E-state index in [9.17, 15) is 13.5 Å². The number of aromatic nitrogens is 1. The molecule has 2 rings (SSSR count). The predicted octanol–water partition coefficient (Wildman–Crippen LogP) is -0.500. The molecule has 0 aliphatic carbocycles. The molecule has 0 aliphatic rings. The second kappa shape index (κ2) is 8.82. The topological polar surface area (TPSA) is 82.5 Å². The van der Waals surface area contributed by atoms with E-state index < -0.39 is 15.9 Å². The van der Waals surface area contributed by atoms with E-state index in [0.717, 1.165) is 5.41 Å². The molecule has 0 saturated carbocycles. The summed E-state index contributed by atoms with van der Waals surface area (Å²) >= 11 is 11.6. The molecule has 0 spiro atoms. The maximum Gasteiger partial charge on any atom is 1.00 e. The molecule has 5 nitrogen and oxygen atoms in total. The first-order chi connectivity index (χ1) is 10.4. The third kappa shape index (κ3) is 6.25. The average molecular weight is 379 g/mol. The Bertz CT molecular complexity index is 840. The monoisotopic (exact) mass is 378 g/mol. The molecule has 0 fully saturated rings. The van der Waals surface area contributed by atoms with Crippen LogP contribution in [0.2, 0.25) is 10.0 Å². The average Bonchev–Trinajstić information content (AvgIpc) is 2.45. The van der Waals surface area contributed by atoms with Gasteiger partial charge in [0.15, 0.2) is 0 Å². The summed E-state index contributed by atoms with van der Waals surface area (Å²) in [5, 5.41) is 13.1. The minimum Gasteiger partial charge on any atom is -0.858 e. The van der Waals surface area contributed by atoms with Gasteiger partial charge in [0.1, 0.15) is 0 Å². The Morgan fingerprint density at radius 1 is 1.17 bits per heavy atom. The molecule has 0 aliphatic heterocycles. The molecule has 0 N–H and O–H groups in total. The molecule has 23 heavy (non-hydrogen) atoms. The van der Waals surface area contributed by atoms with E-state index in [1.807, 2.05) is 0 Å². The van der Waals surface area contributed by atoms with Crippen molar-refractivity contribution in [1.82, 2.24) is 4.98 Å². The Morgan fingerprint density at radius 3 is 2.43 bits per heavy atom. The maximum absolute atomic E-state index is 11.9. The zero-order chi connectivity index (χ0) is 16.2. The first-order valence-electron chi connectivity index (χ1n) is 5.93. The van der Waals surface area contributed by atoms with E-state index in [-0.39, 0.29) is 40.1 Å². The largest absolute Gasteiger partial charge is 1.00 e. The molecule has 0 radical (unpaired) electrons. The SMILES string of the molecule is O=S(=O)(/C=C/c1ccncc1)/N=C(\[O-])c1ccc(Cl)cc1Cl.[Na+]. The zero-order valence-electron chi connectivity index (χ0n) is 12.0. The van der Waals surface area contributed by atoms with Gasteiger partial charge < -0.3 is 5.11 Å². The molecular weight excluding hydrogens is 370 g/mol. The quantitative estimate of drug-likeness (QED) is 0.408. The molecule has 0 amide bonds. The number of rotatable bonds is 4. The van der Waals surface area contributed by atoms with Crippen LogP contribution in [0, 0.1) is 0 Å². The second-order valence-corrected chi connectivity index (χ2v) is 6.45. The molecule has 0 atom stereocenters. The number of halogens is 2. The normalized spacial score (nSPS) is 12.2. The molecule has 2 aromatic rings. The number of nitrogens with zero attached hydrogens (tertiary/aromatic N) is 2. The van der Waals surface area contributed by atoms with Gasteiger partial charge in [-0.1, -0.05) is 29.3 Å². The van der Waals surface area contributed by atoms with E-state index in [0.29, 0.717) is 10.6 Å². The van der Waals surface area contributed by atoms with Gasteiger partial charge in [0.05, 0.1) is 10.4 Å². The molecule has 0 saturated heterocycles. The summed E-state index contributed by atoms with van der Waals surface area (Å²) < 4.78 is 26.8. The van der Waals surface area contributed by atoms with Crippen molar-refractivity contribution in [1.29, 1.82) is 0 Å². The number of sulfonamides is 1. The van der Waals surface area contributed by atoms with Gasteiger partial charge in [-0.15, -0.1) is 0 Å². The van der Waals surface area contributed by atoms with Crippen molar-refractivity contribution in [3.05, 3.63) is 69.3 Å². The van der Waals surface area contributed by atoms with Gasteiger partial charge in [-0.25, -0.2) is 0 Å². The van der Waals surface area contributed by atoms with Gasteiger partial charge in [-0.3, -0.25) is 4.98 Å². The summed E-state index contributed by atoms with van der Waals surface area (Å²) in [5.74, 6) is -0.957. The van der Waals surface area contributed by atoms with Gasteiger partial charge in [0, 0.05) is 28.9 Å². The first-order valence-corrected chi connectivity index (χ1v) is 8.19. The molecular formula is C14H9Cl2N2NaO3S. The van der Waals surface area contributed by atoms with Crippen LogP contribution in [0.3, 0.4) is 0 Å². The van der Waals surface area contributed by atoms with Crippen LogP contribution >= 0.6 is 23.2 Å². The van der Waals surface area contributed by atoms with Crippen LogP contribution in [-0.2, 0) is 10.0 Å². The van der Waals surface area contributed by atoms with Crippen molar-refractivity contribution < 1.29 is 43.1 Å². The van der Waals surface area contributed by atoms with E-state index in [1.54, 1.807) is 12.1 Å². The van der Waals surface area contributed by atoms with Crippen LogP contribution in [0.15, 0.2) is 52.5 Å². The minimum atomic E-state index is -4.07. The second-order valence-electron chi connectivity index (χ2n) is 4.12. The third-order valence-corrected chi connectivity index (χ3v) is 3.96. The van der Waals surface area contributed by atoms with E-state index >= 15 is 0 Å². The summed E-state index contributed by atoms with van der Waals surface area (Å²) in [6.07, 6.45) is 4.35. The molecule has 0 bridgehead atoms. The maximum atomic E-state index is 11.9. The fourth-order valence-electron chi connectivity index (χ4n) is 1.50. The van der Waals surface area contributed by atoms with Crippen molar-refractivity contribution >= 4 is 45.2 Å². The molecule has 1 aromatic carbocycles. The number of pyridine rings is 1. The molecule has 1 aromatic heterocycles. The van der Waals surface area contributed by atoms with Crippen LogP contribution in [0.4, 0.5) is 0 Å². The van der Waals surface area contributed by atoms with Gasteiger partial charge in [0.2, 0.25) is 0 Å². The summed E-state index contributed by atoms with van der Waals surface area (Å²) in [7, 11) is -4.07. The fraction of sp³-hybridized carbons (Fsp3) is 0. The van der Waals surface area contributed by atoms with Crippen LogP contribution < -0.4 is 34.7 Å². The van der Waals surface area contributed by atoms with Crippen molar-refractivity contribution in [2.45, 2.75) is 0 Å². The fourth-order valence-corrected chi connectivity index (χ4v) is 2.71. The number of hydrogen-bond donors (Lipinski definition) is 0. The van der Waals surface area contributed by atoms with Crippen LogP contribution in [0.1, 0.15) is 11.1 Å². The van der Waals surface area contributed by atoms with E-state index in [1.165, 1.54) is 36.7 Å². The number of hydrogen-bond acceptors (Lipinski definition) is 4. The van der Waals surface area contributed by atoms with Crippen LogP contribution in [0.5, 0.6) is 0 Å². The molecule has 114 valence electrons. The molecule has 1 heterocycles. The van der Waals surface area contributed by atoms with E-state index in [4.69, 9.17) is 23.2 Å². The first kappa shape index (κ1) is 20.2. The summed E-state index contributed by atoms with van der Waals surface area (Å²) in [5.41, 5.74) is 0.581. The Morgan fingerprint density at radius 2 is 1.83 bits per heavy atom. The van der Waals surface area contributed by atoms with Gasteiger partial charge in [0.25, 0.3) is 10.0 Å². The zero-order valence-corrected chi connectivity index (χ0v) is 16.3. The predicted molar refractivity (Wildman–Crippen MR) is 85.2 cm³/mol. The van der Waals surface area contributed by atoms with Crippen molar-refractivity contribution in [3.8, 4) is 0 Å². The summed E-state index contributed by atoms with van der Waals surface area (Å²) in [6, 6.07) is 7.31. The minimum absolute atomic E-state index is 0. The van der Waals surface area contributed by atoms with Gasteiger partial charge >= 0.3 is 29.6 Å². The van der Waals surface area contributed by atoms with Gasteiger partial charge in [-0.05, 0) is 35.9 Å². The van der Waals surface area contributed by atoms with Crippen molar-refractivity contribution in [3.63, 3.8) is 0 Å². The van der Waals surface area contributed by atoms with Crippen molar-refractivity contribution in [2.75, 3.05) is 0 Å². The molecule has 0 unspecified atom stereocenters. The molecule has 9 heteroatoms. The standard InChI is InChI=1S/C14H10Cl2N2O3S.Na/c15-11-1-2-12(13(16)9-11)14(19)18-22(20,21)8-5-10-3-6-17-7-4-10;/h1-9H,(H,18,19);/q;+1/p-1/b8-5+;. The van der Waals surface area contributed by atoms with Crippen molar-refractivity contribution in [2.24, 2.45) is 4.40 Å². The Labute approximate surface area is 166 Å². The Hall–Kier alpha value is -0.890. The number of benzene rings is 1. The summed E-state index contributed by atoms with van der Waals surface area (Å²) in [6.45, 7) is 0. The smallest absolute Gasteiger partial charge is 0.858 e. The summed E-state index contributed by atoms with van der Waals surface area (Å²) in [4.78, 5) is 3.81. The Balaban J connectivity index is 0.00000264. The van der Waals surface area contributed by atoms with Crippen LogP contribution in [-0.4, -0.2) is 19.3 Å². The Kier molecular flexibility index (Phi) is 7.73.